The summed E-state index contributed by atoms with van der Waals surface area (Å²) in [6, 6.07) is 0. The van der Waals surface area contributed by atoms with Gasteiger partial charge in [0.15, 0.2) is 5.82 Å². The van der Waals surface area contributed by atoms with E-state index in [0.29, 0.717) is 31.8 Å². The molecule has 2 N–H and O–H groups in total. The van der Waals surface area contributed by atoms with Gasteiger partial charge in [-0.25, -0.2) is 0 Å². The van der Waals surface area contributed by atoms with Gasteiger partial charge in [-0.15, -0.1) is 0 Å². The largest absolute Gasteiger partial charge is 0.396 e. The molecule has 1 aliphatic rings. The van der Waals surface area contributed by atoms with E-state index in [-0.39, 0.29) is 19.1 Å². The molecule has 8 nitrogen and oxygen atoms in total. The van der Waals surface area contributed by atoms with Crippen LogP contribution in [-0.2, 0) is 16.8 Å². The Labute approximate surface area is 105 Å². The standard InChI is InChI=1S/C9H16N4O4S/c14-6-8-1-3-13(4-2-8)18(15,16)11-5-9-10-7-17-12-9/h7-8,11,14H,1-6H2. The second-order valence-corrected chi connectivity index (χ2v) is 5.95. The molecule has 0 amide bonds. The predicted molar refractivity (Wildman–Crippen MR) is 61.4 cm³/mol. The molecule has 0 radical (unpaired) electrons. The van der Waals surface area contributed by atoms with Gasteiger partial charge in [0.2, 0.25) is 6.39 Å². The molecule has 0 aliphatic carbocycles. The third kappa shape index (κ3) is 3.25. The summed E-state index contributed by atoms with van der Waals surface area (Å²) >= 11 is 0. The Morgan fingerprint density at radius 2 is 2.22 bits per heavy atom. The molecule has 1 fully saturated rings. The van der Waals surface area contributed by atoms with Gasteiger partial charge in [-0.05, 0) is 18.8 Å². The quantitative estimate of drug-likeness (QED) is 0.722. The predicted octanol–water partition coefficient (Wildman–Crippen LogP) is -0.892. The van der Waals surface area contributed by atoms with Gasteiger partial charge in [0.05, 0.1) is 6.54 Å². The van der Waals surface area contributed by atoms with Crippen LogP contribution in [0.4, 0.5) is 0 Å². The van der Waals surface area contributed by atoms with Crippen molar-refractivity contribution in [3.05, 3.63) is 12.2 Å². The first-order valence-corrected chi connectivity index (χ1v) is 7.16. The van der Waals surface area contributed by atoms with E-state index >= 15 is 0 Å². The maximum atomic E-state index is 11.9. The minimum atomic E-state index is -3.51. The van der Waals surface area contributed by atoms with Gasteiger partial charge in [0.25, 0.3) is 10.2 Å². The van der Waals surface area contributed by atoms with Crippen molar-refractivity contribution in [1.29, 1.82) is 0 Å². The third-order valence-electron chi connectivity index (χ3n) is 2.99. The molecule has 0 bridgehead atoms. The highest BCUT2D eigenvalue weighted by Crippen LogP contribution is 2.18. The second kappa shape index (κ2) is 5.74. The van der Waals surface area contributed by atoms with E-state index in [2.05, 4.69) is 19.4 Å². The first kappa shape index (κ1) is 13.4. The first-order chi connectivity index (χ1) is 8.62. The van der Waals surface area contributed by atoms with Crippen LogP contribution in [0, 0.1) is 5.92 Å². The van der Waals surface area contributed by atoms with Crippen LogP contribution < -0.4 is 4.72 Å². The van der Waals surface area contributed by atoms with Gasteiger partial charge in [0, 0.05) is 19.7 Å². The smallest absolute Gasteiger partial charge is 0.279 e. The highest BCUT2D eigenvalue weighted by molar-refractivity contribution is 7.87. The number of piperidine rings is 1. The van der Waals surface area contributed by atoms with Gasteiger partial charge in [-0.2, -0.15) is 22.4 Å². The van der Waals surface area contributed by atoms with E-state index in [1.807, 2.05) is 0 Å². The minimum absolute atomic E-state index is 0.0127. The Morgan fingerprint density at radius 1 is 1.50 bits per heavy atom. The lowest BCUT2D eigenvalue weighted by molar-refractivity contribution is 0.169. The van der Waals surface area contributed by atoms with E-state index < -0.39 is 10.2 Å². The Balaban J connectivity index is 1.87. The number of rotatable bonds is 5. The van der Waals surface area contributed by atoms with Crippen LogP contribution in [0.15, 0.2) is 10.9 Å². The van der Waals surface area contributed by atoms with Crippen LogP contribution in [0.25, 0.3) is 0 Å². The van der Waals surface area contributed by atoms with Crippen LogP contribution in [0.3, 0.4) is 0 Å². The van der Waals surface area contributed by atoms with Crippen LogP contribution in [0.5, 0.6) is 0 Å². The summed E-state index contributed by atoms with van der Waals surface area (Å²) in [6.45, 7) is 0.975. The Kier molecular flexibility index (Phi) is 4.27. The van der Waals surface area contributed by atoms with E-state index in [0.717, 1.165) is 6.39 Å². The molecule has 1 aromatic heterocycles. The molecule has 1 aromatic rings. The van der Waals surface area contributed by atoms with Crippen molar-refractivity contribution in [2.24, 2.45) is 5.92 Å². The van der Waals surface area contributed by atoms with Crippen LogP contribution in [-0.4, -0.2) is 47.7 Å². The fourth-order valence-corrected chi connectivity index (χ4v) is 3.04. The number of aliphatic hydroxyl groups is 1. The maximum absolute atomic E-state index is 11.9. The maximum Gasteiger partial charge on any atom is 0.279 e. The summed E-state index contributed by atoms with van der Waals surface area (Å²) in [5, 5.41) is 12.5. The molecular weight excluding hydrogens is 260 g/mol. The van der Waals surface area contributed by atoms with E-state index in [4.69, 9.17) is 5.11 Å². The summed E-state index contributed by atoms with van der Waals surface area (Å²) in [5.74, 6) is 0.498. The van der Waals surface area contributed by atoms with E-state index in [1.165, 1.54) is 4.31 Å². The van der Waals surface area contributed by atoms with Crippen molar-refractivity contribution in [3.63, 3.8) is 0 Å². The molecule has 18 heavy (non-hydrogen) atoms. The van der Waals surface area contributed by atoms with Crippen molar-refractivity contribution >= 4 is 10.2 Å². The van der Waals surface area contributed by atoms with Crippen LogP contribution in [0.2, 0.25) is 0 Å². The average molecular weight is 276 g/mol. The molecule has 1 saturated heterocycles. The van der Waals surface area contributed by atoms with E-state index in [9.17, 15) is 8.42 Å². The molecule has 9 heteroatoms. The lowest BCUT2D eigenvalue weighted by atomic mass is 10.00. The van der Waals surface area contributed by atoms with Gasteiger partial charge in [-0.3, -0.25) is 0 Å². The molecule has 0 atom stereocenters. The molecular formula is C9H16N4O4S. The Morgan fingerprint density at radius 3 is 2.78 bits per heavy atom. The molecule has 0 spiro atoms. The zero-order valence-electron chi connectivity index (χ0n) is 9.82. The van der Waals surface area contributed by atoms with Crippen molar-refractivity contribution in [1.82, 2.24) is 19.2 Å². The van der Waals surface area contributed by atoms with Crippen molar-refractivity contribution in [3.8, 4) is 0 Å². The topological polar surface area (TPSA) is 109 Å². The summed E-state index contributed by atoms with van der Waals surface area (Å²) in [7, 11) is -3.51. The average Bonchev–Trinajstić information content (AvgIpc) is 2.90. The number of nitrogens with one attached hydrogen (secondary N) is 1. The van der Waals surface area contributed by atoms with E-state index in [1.54, 1.807) is 0 Å². The normalized spacial score (nSPS) is 19.2. The molecule has 2 heterocycles. The number of hydrogen-bond acceptors (Lipinski definition) is 6. The summed E-state index contributed by atoms with van der Waals surface area (Å²) in [4.78, 5) is 3.73. The lowest BCUT2D eigenvalue weighted by Gasteiger charge is -2.30. The molecule has 2 rings (SSSR count). The zero-order valence-corrected chi connectivity index (χ0v) is 10.6. The number of nitrogens with zero attached hydrogens (tertiary/aromatic N) is 3. The lowest BCUT2D eigenvalue weighted by Crippen LogP contribution is -2.45. The highest BCUT2D eigenvalue weighted by atomic mass is 32.2. The van der Waals surface area contributed by atoms with Gasteiger partial charge < -0.3 is 9.63 Å². The molecule has 102 valence electrons. The van der Waals surface area contributed by atoms with Gasteiger partial charge in [0.1, 0.15) is 0 Å². The van der Waals surface area contributed by atoms with Gasteiger partial charge >= 0.3 is 0 Å². The summed E-state index contributed by atoms with van der Waals surface area (Å²) in [5.41, 5.74) is 0. The Bertz CT molecular complexity index is 453. The molecule has 0 saturated carbocycles. The van der Waals surface area contributed by atoms with Crippen LogP contribution >= 0.6 is 0 Å². The van der Waals surface area contributed by atoms with Crippen molar-refractivity contribution in [2.45, 2.75) is 19.4 Å². The first-order valence-electron chi connectivity index (χ1n) is 5.72. The van der Waals surface area contributed by atoms with Gasteiger partial charge in [-0.1, -0.05) is 5.16 Å². The SMILES string of the molecule is O=S(=O)(NCc1ncon1)N1CCC(CO)CC1. The molecule has 0 aromatic carbocycles. The molecule has 0 unspecified atom stereocenters. The number of hydrogen-bond donors (Lipinski definition) is 2. The highest BCUT2D eigenvalue weighted by Gasteiger charge is 2.27. The molecule has 1 aliphatic heterocycles. The number of aromatic nitrogens is 2. The fourth-order valence-electron chi connectivity index (χ4n) is 1.85. The third-order valence-corrected chi connectivity index (χ3v) is 4.55. The monoisotopic (exact) mass is 276 g/mol. The van der Waals surface area contributed by atoms with Crippen molar-refractivity contribution < 1.29 is 18.0 Å². The minimum Gasteiger partial charge on any atom is -0.396 e. The fraction of sp³-hybridized carbons (Fsp3) is 0.778. The number of aliphatic hydroxyl groups excluding tert-OH is 1. The summed E-state index contributed by atoms with van der Waals surface area (Å²) in [6.07, 6.45) is 2.51. The van der Waals surface area contributed by atoms with Crippen LogP contribution in [0.1, 0.15) is 18.7 Å². The van der Waals surface area contributed by atoms with Crippen molar-refractivity contribution in [2.75, 3.05) is 19.7 Å². The summed E-state index contributed by atoms with van der Waals surface area (Å²) < 4.78 is 32.2. The Hall–Kier alpha value is -1.03. The second-order valence-electron chi connectivity index (χ2n) is 4.20. The zero-order chi connectivity index (χ0) is 13.0.